The fourth-order valence-corrected chi connectivity index (χ4v) is 2.21. The monoisotopic (exact) mass is 284 g/mol. The first-order valence-corrected chi connectivity index (χ1v) is 6.90. The van der Waals surface area contributed by atoms with Crippen LogP contribution in [-0.2, 0) is 11.3 Å². The highest BCUT2D eigenvalue weighted by Gasteiger charge is 2.30. The van der Waals surface area contributed by atoms with Gasteiger partial charge >= 0.3 is 5.97 Å². The van der Waals surface area contributed by atoms with Crippen LogP contribution >= 0.6 is 0 Å². The summed E-state index contributed by atoms with van der Waals surface area (Å²) in [6.45, 7) is 0.569. The van der Waals surface area contributed by atoms with Crippen LogP contribution in [0.5, 0.6) is 0 Å². The number of aromatic nitrogens is 2. The number of methoxy groups -OCH3 is 1. The van der Waals surface area contributed by atoms with Crippen LogP contribution in [0.25, 0.3) is 0 Å². The zero-order chi connectivity index (χ0) is 14.8. The van der Waals surface area contributed by atoms with Crippen molar-refractivity contribution in [3.8, 4) is 0 Å². The normalized spacial score (nSPS) is 14.0. The summed E-state index contributed by atoms with van der Waals surface area (Å²) in [5, 5.41) is 0. The molecule has 2 aromatic rings. The Morgan fingerprint density at radius 1 is 1.29 bits per heavy atom. The molecule has 0 unspecified atom stereocenters. The number of esters is 1. The van der Waals surface area contributed by atoms with Crippen LogP contribution in [0.15, 0.2) is 36.8 Å². The summed E-state index contributed by atoms with van der Waals surface area (Å²) in [7, 11) is 1.34. The summed E-state index contributed by atoms with van der Waals surface area (Å²) in [5.41, 5.74) is 2.02. The van der Waals surface area contributed by atoms with Crippen LogP contribution in [0.2, 0.25) is 0 Å². The molecule has 0 N–H and O–H groups in total. The third kappa shape index (κ3) is 3.02. The minimum absolute atomic E-state index is 0.235. The number of ether oxygens (including phenoxy) is 1. The number of hydrogen-bond acceptors (Lipinski definition) is 4. The lowest BCUT2D eigenvalue weighted by atomic mass is 10.1. The van der Waals surface area contributed by atoms with E-state index in [2.05, 4.69) is 9.72 Å². The molecule has 0 atom stereocenters. The molecule has 21 heavy (non-hydrogen) atoms. The molecule has 0 amide bonds. The highest BCUT2D eigenvalue weighted by molar-refractivity contribution is 5.99. The maximum absolute atomic E-state index is 11.9. The number of ketones is 1. The average molecular weight is 284 g/mol. The largest absolute Gasteiger partial charge is 0.465 e. The second-order valence-corrected chi connectivity index (χ2v) is 5.24. The summed E-state index contributed by atoms with van der Waals surface area (Å²) < 4.78 is 6.56. The lowest BCUT2D eigenvalue weighted by Gasteiger charge is -2.03. The molecule has 2 aromatic heterocycles. The third-order valence-corrected chi connectivity index (χ3v) is 3.57. The Morgan fingerprint density at radius 3 is 2.71 bits per heavy atom. The van der Waals surface area contributed by atoms with Crippen LogP contribution in [0.4, 0.5) is 0 Å². The number of rotatable bonds is 5. The quantitative estimate of drug-likeness (QED) is 0.624. The molecule has 1 aliphatic rings. The van der Waals surface area contributed by atoms with Gasteiger partial charge in [-0.15, -0.1) is 0 Å². The van der Waals surface area contributed by atoms with E-state index in [4.69, 9.17) is 0 Å². The van der Waals surface area contributed by atoms with E-state index in [9.17, 15) is 9.59 Å². The highest BCUT2D eigenvalue weighted by atomic mass is 16.5. The summed E-state index contributed by atoms with van der Waals surface area (Å²) in [6.07, 6.45) is 7.27. The van der Waals surface area contributed by atoms with Gasteiger partial charge in [-0.2, -0.15) is 0 Å². The van der Waals surface area contributed by atoms with Crippen molar-refractivity contribution in [3.05, 3.63) is 53.6 Å². The van der Waals surface area contributed by atoms with Gasteiger partial charge in [0.2, 0.25) is 0 Å². The Kier molecular flexibility index (Phi) is 3.56. The van der Waals surface area contributed by atoms with Gasteiger partial charge in [0, 0.05) is 30.1 Å². The van der Waals surface area contributed by atoms with E-state index in [1.807, 2.05) is 23.0 Å². The fourth-order valence-electron chi connectivity index (χ4n) is 2.21. The van der Waals surface area contributed by atoms with Crippen LogP contribution in [-0.4, -0.2) is 28.4 Å². The van der Waals surface area contributed by atoms with E-state index < -0.39 is 5.97 Å². The molecular formula is C16H16N2O3. The van der Waals surface area contributed by atoms with Crippen molar-refractivity contribution in [1.82, 2.24) is 9.55 Å². The van der Waals surface area contributed by atoms with Crippen molar-refractivity contribution in [1.29, 1.82) is 0 Å². The van der Waals surface area contributed by atoms with Crippen LogP contribution in [0, 0.1) is 5.92 Å². The molecule has 0 aromatic carbocycles. The van der Waals surface area contributed by atoms with Crippen molar-refractivity contribution in [3.63, 3.8) is 0 Å². The number of Topliss-reactive ketones (excluding diaryl/α,β-unsaturated/α-hetero) is 1. The zero-order valence-electron chi connectivity index (χ0n) is 11.8. The van der Waals surface area contributed by atoms with Gasteiger partial charge < -0.3 is 9.30 Å². The topological polar surface area (TPSA) is 61.2 Å². The Hall–Kier alpha value is -2.43. The first-order valence-electron chi connectivity index (χ1n) is 6.90. The van der Waals surface area contributed by atoms with Gasteiger partial charge in [0.25, 0.3) is 0 Å². The number of hydrogen-bond donors (Lipinski definition) is 0. The first kappa shape index (κ1) is 13.5. The summed E-state index contributed by atoms with van der Waals surface area (Å²) in [4.78, 5) is 27.5. The second-order valence-electron chi connectivity index (χ2n) is 5.24. The van der Waals surface area contributed by atoms with Crippen molar-refractivity contribution < 1.29 is 14.3 Å². The van der Waals surface area contributed by atoms with E-state index in [1.165, 1.54) is 13.3 Å². The van der Waals surface area contributed by atoms with Crippen LogP contribution in [0.3, 0.4) is 0 Å². The van der Waals surface area contributed by atoms with Gasteiger partial charge in [0.05, 0.1) is 24.9 Å². The fraction of sp³-hybridized carbons (Fsp3) is 0.312. The molecule has 1 fully saturated rings. The maximum atomic E-state index is 11.9. The predicted molar refractivity (Wildman–Crippen MR) is 76.2 cm³/mol. The Labute approximate surface area is 122 Å². The van der Waals surface area contributed by atoms with E-state index >= 15 is 0 Å². The molecule has 0 saturated heterocycles. The van der Waals surface area contributed by atoms with E-state index in [1.54, 1.807) is 12.1 Å². The van der Waals surface area contributed by atoms with Crippen molar-refractivity contribution in [2.75, 3.05) is 7.11 Å². The highest BCUT2D eigenvalue weighted by Crippen LogP contribution is 2.32. The van der Waals surface area contributed by atoms with Crippen molar-refractivity contribution in [2.24, 2.45) is 5.92 Å². The van der Waals surface area contributed by atoms with E-state index in [-0.39, 0.29) is 11.7 Å². The molecule has 3 rings (SSSR count). The molecule has 5 heteroatoms. The Balaban J connectivity index is 1.68. The van der Waals surface area contributed by atoms with Gasteiger partial charge in [0.15, 0.2) is 5.78 Å². The van der Waals surface area contributed by atoms with Crippen molar-refractivity contribution in [2.45, 2.75) is 19.4 Å². The Bertz CT molecular complexity index is 669. The van der Waals surface area contributed by atoms with Gasteiger partial charge in [-0.05, 0) is 31.0 Å². The van der Waals surface area contributed by atoms with Crippen LogP contribution < -0.4 is 0 Å². The molecule has 1 aliphatic carbocycles. The number of nitrogens with zero attached hydrogens (tertiary/aromatic N) is 2. The van der Waals surface area contributed by atoms with E-state index in [0.717, 1.165) is 24.1 Å². The summed E-state index contributed by atoms with van der Waals surface area (Å²) >= 11 is 0. The van der Waals surface area contributed by atoms with Crippen molar-refractivity contribution >= 4 is 11.8 Å². The lowest BCUT2D eigenvalue weighted by Crippen LogP contribution is -2.05. The molecule has 0 radical (unpaired) electrons. The molecule has 5 nitrogen and oxygen atoms in total. The smallest absolute Gasteiger partial charge is 0.339 e. The molecule has 2 heterocycles. The number of pyridine rings is 1. The molecule has 108 valence electrons. The number of carbonyl (C=O) groups excluding carboxylic acids is 2. The molecular weight excluding hydrogens is 268 g/mol. The molecule has 0 bridgehead atoms. The first-order chi connectivity index (χ1) is 10.2. The predicted octanol–water partition coefficient (Wildman–Crippen LogP) is 2.31. The van der Waals surface area contributed by atoms with Crippen LogP contribution in [0.1, 0.15) is 39.3 Å². The third-order valence-electron chi connectivity index (χ3n) is 3.57. The zero-order valence-corrected chi connectivity index (χ0v) is 11.8. The molecule has 0 aliphatic heterocycles. The Morgan fingerprint density at radius 2 is 2.10 bits per heavy atom. The lowest BCUT2D eigenvalue weighted by molar-refractivity contribution is 0.0600. The minimum Gasteiger partial charge on any atom is -0.465 e. The summed E-state index contributed by atoms with van der Waals surface area (Å²) in [5.74, 6) is 0.0772. The summed E-state index contributed by atoms with van der Waals surface area (Å²) in [6, 6.07) is 5.33. The SMILES string of the molecule is COC(=O)c1ccc(Cn2ccc(C(=O)C3CC3)c2)nc1. The maximum Gasteiger partial charge on any atom is 0.339 e. The second kappa shape index (κ2) is 5.52. The van der Waals surface area contributed by atoms with E-state index in [0.29, 0.717) is 12.1 Å². The number of carbonyl (C=O) groups is 2. The van der Waals surface area contributed by atoms with Gasteiger partial charge in [0.1, 0.15) is 0 Å². The molecule has 1 saturated carbocycles. The average Bonchev–Trinajstić information content (AvgIpc) is 3.26. The standard InChI is InChI=1S/C16H16N2O3/c1-21-16(20)12-4-5-14(17-8-12)10-18-7-6-13(9-18)15(19)11-2-3-11/h4-9,11H,2-3,10H2,1H3. The van der Waals surface area contributed by atoms with Gasteiger partial charge in [-0.3, -0.25) is 9.78 Å². The molecule has 0 spiro atoms. The van der Waals surface area contributed by atoms with Gasteiger partial charge in [-0.25, -0.2) is 4.79 Å². The minimum atomic E-state index is -0.396. The van der Waals surface area contributed by atoms with Gasteiger partial charge in [-0.1, -0.05) is 0 Å².